The molecule has 1 aromatic heterocycles. The number of nitrogens with zero attached hydrogens (tertiary/aromatic N) is 1. The number of aryl methyl sites for hydroxylation is 2. The minimum absolute atomic E-state index is 0.174. The molecular formula is C18H18N2O2S. The third kappa shape index (κ3) is 3.68. The summed E-state index contributed by atoms with van der Waals surface area (Å²) in [5, 5.41) is 3.91. The molecule has 0 aliphatic rings. The Morgan fingerprint density at radius 1 is 1.22 bits per heavy atom. The summed E-state index contributed by atoms with van der Waals surface area (Å²) in [4.78, 5) is 16.7. The average Bonchev–Trinajstić information content (AvgIpc) is 2.86. The summed E-state index contributed by atoms with van der Waals surface area (Å²) in [6.45, 7) is 5.71. The number of anilines is 1. The molecule has 1 N–H and O–H groups in total. The van der Waals surface area contributed by atoms with Gasteiger partial charge in [0.15, 0.2) is 6.10 Å². The molecule has 1 amide bonds. The van der Waals surface area contributed by atoms with Crippen molar-refractivity contribution in [1.29, 1.82) is 0 Å². The second-order valence-corrected chi connectivity index (χ2v) is 6.72. The predicted octanol–water partition coefficient (Wildman–Crippen LogP) is 4.32. The molecule has 0 fully saturated rings. The SMILES string of the molecule is Cc1cccc(O[C@H](C)C(=O)Nc2ccc3nc(C)sc3c2)c1. The zero-order chi connectivity index (χ0) is 16.4. The number of carbonyl (C=O) groups is 1. The molecule has 0 spiro atoms. The molecule has 0 unspecified atom stereocenters. The molecule has 3 aromatic rings. The van der Waals surface area contributed by atoms with Crippen LogP contribution in [-0.4, -0.2) is 17.0 Å². The molecule has 0 radical (unpaired) electrons. The van der Waals surface area contributed by atoms with Crippen molar-refractivity contribution in [2.45, 2.75) is 26.9 Å². The molecule has 4 nitrogen and oxygen atoms in total. The van der Waals surface area contributed by atoms with E-state index in [-0.39, 0.29) is 5.91 Å². The molecule has 1 atom stereocenters. The first-order valence-electron chi connectivity index (χ1n) is 7.42. The topological polar surface area (TPSA) is 51.2 Å². The maximum Gasteiger partial charge on any atom is 0.265 e. The van der Waals surface area contributed by atoms with E-state index in [2.05, 4.69) is 10.3 Å². The van der Waals surface area contributed by atoms with E-state index in [1.54, 1.807) is 18.3 Å². The van der Waals surface area contributed by atoms with Gasteiger partial charge < -0.3 is 10.1 Å². The fourth-order valence-electron chi connectivity index (χ4n) is 2.31. The number of rotatable bonds is 4. The van der Waals surface area contributed by atoms with E-state index in [1.165, 1.54) is 0 Å². The lowest BCUT2D eigenvalue weighted by Crippen LogP contribution is -2.30. The molecule has 0 saturated heterocycles. The summed E-state index contributed by atoms with van der Waals surface area (Å²) < 4.78 is 6.76. The number of benzene rings is 2. The minimum Gasteiger partial charge on any atom is -0.481 e. The van der Waals surface area contributed by atoms with Crippen molar-refractivity contribution < 1.29 is 9.53 Å². The Morgan fingerprint density at radius 2 is 2.04 bits per heavy atom. The summed E-state index contributed by atoms with van der Waals surface area (Å²) in [5.41, 5.74) is 2.81. The van der Waals surface area contributed by atoms with E-state index >= 15 is 0 Å². The van der Waals surface area contributed by atoms with Gasteiger partial charge >= 0.3 is 0 Å². The largest absolute Gasteiger partial charge is 0.481 e. The van der Waals surface area contributed by atoms with Gasteiger partial charge in [-0.05, 0) is 56.7 Å². The highest BCUT2D eigenvalue weighted by atomic mass is 32.1. The molecule has 3 rings (SSSR count). The number of hydrogen-bond donors (Lipinski definition) is 1. The number of hydrogen-bond acceptors (Lipinski definition) is 4. The molecule has 0 saturated carbocycles. The molecule has 1 heterocycles. The van der Waals surface area contributed by atoms with Crippen molar-refractivity contribution in [3.63, 3.8) is 0 Å². The monoisotopic (exact) mass is 326 g/mol. The van der Waals surface area contributed by atoms with Gasteiger partial charge in [0.25, 0.3) is 5.91 Å². The van der Waals surface area contributed by atoms with Crippen LogP contribution in [-0.2, 0) is 4.79 Å². The van der Waals surface area contributed by atoms with E-state index in [0.717, 1.165) is 26.5 Å². The van der Waals surface area contributed by atoms with Crippen LogP contribution >= 0.6 is 11.3 Å². The number of nitrogens with one attached hydrogen (secondary N) is 1. The van der Waals surface area contributed by atoms with Crippen molar-refractivity contribution in [1.82, 2.24) is 4.98 Å². The van der Waals surface area contributed by atoms with E-state index in [4.69, 9.17) is 4.74 Å². The van der Waals surface area contributed by atoms with Gasteiger partial charge in [-0.3, -0.25) is 4.79 Å². The van der Waals surface area contributed by atoms with Gasteiger partial charge in [0.05, 0.1) is 15.2 Å². The number of fused-ring (bicyclic) bond motifs is 1. The van der Waals surface area contributed by atoms with E-state index < -0.39 is 6.10 Å². The number of aromatic nitrogens is 1. The van der Waals surface area contributed by atoms with Crippen molar-refractivity contribution in [2.24, 2.45) is 0 Å². The smallest absolute Gasteiger partial charge is 0.265 e. The Morgan fingerprint density at radius 3 is 2.83 bits per heavy atom. The Kier molecular flexibility index (Phi) is 4.30. The van der Waals surface area contributed by atoms with E-state index in [0.29, 0.717) is 5.75 Å². The Hall–Kier alpha value is -2.40. The van der Waals surface area contributed by atoms with Gasteiger partial charge in [-0.25, -0.2) is 4.98 Å². The lowest BCUT2D eigenvalue weighted by atomic mass is 10.2. The highest BCUT2D eigenvalue weighted by molar-refractivity contribution is 7.18. The van der Waals surface area contributed by atoms with Gasteiger partial charge in [-0.2, -0.15) is 0 Å². The maximum atomic E-state index is 12.3. The zero-order valence-electron chi connectivity index (χ0n) is 13.3. The molecule has 118 valence electrons. The van der Waals surface area contributed by atoms with Crippen LogP contribution in [0, 0.1) is 13.8 Å². The van der Waals surface area contributed by atoms with Gasteiger partial charge in [0, 0.05) is 5.69 Å². The van der Waals surface area contributed by atoms with Gasteiger partial charge in [-0.15, -0.1) is 11.3 Å². The Labute approximate surface area is 139 Å². The minimum atomic E-state index is -0.573. The van der Waals surface area contributed by atoms with Crippen molar-refractivity contribution >= 4 is 33.1 Å². The highest BCUT2D eigenvalue weighted by Gasteiger charge is 2.15. The van der Waals surface area contributed by atoms with Crippen LogP contribution in [0.1, 0.15) is 17.5 Å². The predicted molar refractivity (Wildman–Crippen MR) is 94.3 cm³/mol. The van der Waals surface area contributed by atoms with Crippen LogP contribution in [0.4, 0.5) is 5.69 Å². The molecule has 0 aliphatic heterocycles. The third-order valence-corrected chi connectivity index (χ3v) is 4.37. The van der Waals surface area contributed by atoms with Crippen LogP contribution in [0.15, 0.2) is 42.5 Å². The van der Waals surface area contributed by atoms with Crippen LogP contribution in [0.25, 0.3) is 10.2 Å². The van der Waals surface area contributed by atoms with Crippen molar-refractivity contribution in [3.05, 3.63) is 53.0 Å². The summed E-state index contributed by atoms with van der Waals surface area (Å²) in [6, 6.07) is 13.4. The van der Waals surface area contributed by atoms with E-state index in [1.807, 2.05) is 56.3 Å². The molecule has 5 heteroatoms. The van der Waals surface area contributed by atoms with Crippen LogP contribution in [0.2, 0.25) is 0 Å². The first-order chi connectivity index (χ1) is 11.0. The maximum absolute atomic E-state index is 12.3. The summed E-state index contributed by atoms with van der Waals surface area (Å²) in [7, 11) is 0. The molecular weight excluding hydrogens is 308 g/mol. The fourth-order valence-corrected chi connectivity index (χ4v) is 3.17. The summed E-state index contributed by atoms with van der Waals surface area (Å²) >= 11 is 1.61. The normalized spacial score (nSPS) is 12.1. The quantitative estimate of drug-likeness (QED) is 0.777. The number of ether oxygens (including phenoxy) is 1. The lowest BCUT2D eigenvalue weighted by molar-refractivity contribution is -0.122. The second-order valence-electron chi connectivity index (χ2n) is 5.48. The van der Waals surface area contributed by atoms with Gasteiger partial charge in [-0.1, -0.05) is 12.1 Å². The van der Waals surface area contributed by atoms with Gasteiger partial charge in [0.1, 0.15) is 5.75 Å². The fraction of sp³-hybridized carbons (Fsp3) is 0.222. The molecule has 23 heavy (non-hydrogen) atoms. The van der Waals surface area contributed by atoms with Crippen LogP contribution in [0.3, 0.4) is 0 Å². The van der Waals surface area contributed by atoms with Crippen LogP contribution < -0.4 is 10.1 Å². The second kappa shape index (κ2) is 6.38. The van der Waals surface area contributed by atoms with Crippen molar-refractivity contribution in [2.75, 3.05) is 5.32 Å². The molecule has 0 bridgehead atoms. The Balaban J connectivity index is 1.69. The highest BCUT2D eigenvalue weighted by Crippen LogP contribution is 2.25. The number of amides is 1. The molecule has 2 aromatic carbocycles. The first-order valence-corrected chi connectivity index (χ1v) is 8.24. The Bertz CT molecular complexity index is 857. The van der Waals surface area contributed by atoms with Gasteiger partial charge in [0.2, 0.25) is 0 Å². The molecule has 0 aliphatic carbocycles. The summed E-state index contributed by atoms with van der Waals surface area (Å²) in [6.07, 6.45) is -0.573. The summed E-state index contributed by atoms with van der Waals surface area (Å²) in [5.74, 6) is 0.522. The lowest BCUT2D eigenvalue weighted by Gasteiger charge is -2.15. The van der Waals surface area contributed by atoms with Crippen LogP contribution in [0.5, 0.6) is 5.75 Å². The third-order valence-electron chi connectivity index (χ3n) is 3.43. The average molecular weight is 326 g/mol. The number of thiazole rings is 1. The standard InChI is InChI=1S/C18H18N2O2S/c1-11-5-4-6-15(9-11)22-12(2)18(21)20-14-7-8-16-17(10-14)23-13(3)19-16/h4-10,12H,1-3H3,(H,20,21)/t12-/m1/s1. The van der Waals surface area contributed by atoms with Crippen molar-refractivity contribution in [3.8, 4) is 5.75 Å². The number of carbonyl (C=O) groups excluding carboxylic acids is 1. The first kappa shape index (κ1) is 15.5. The zero-order valence-corrected chi connectivity index (χ0v) is 14.1. The van der Waals surface area contributed by atoms with E-state index in [9.17, 15) is 4.79 Å².